The first-order valence-electron chi connectivity index (χ1n) is 8.15. The van der Waals surface area contributed by atoms with E-state index in [4.69, 9.17) is 20.2 Å². The predicted molar refractivity (Wildman–Crippen MR) is 113 cm³/mol. The first kappa shape index (κ1) is 21.3. The predicted octanol–water partition coefficient (Wildman–Crippen LogP) is 6.58. The number of para-hydroxylation sites is 2. The molecule has 0 saturated heterocycles. The van der Waals surface area contributed by atoms with E-state index in [1.54, 1.807) is 12.4 Å². The molecule has 0 aliphatic rings. The van der Waals surface area contributed by atoms with Crippen LogP contribution >= 0.6 is 20.2 Å². The Hall–Kier alpha value is -1.97. The fraction of sp³-hybridized carbons (Fsp3) is 0.0952. The molecule has 0 unspecified atom stereocenters. The van der Waals surface area contributed by atoms with Gasteiger partial charge >= 0.3 is 33.3 Å². The van der Waals surface area contributed by atoms with E-state index in [1.165, 1.54) is 0 Å². The minimum absolute atomic E-state index is 0.194. The third-order valence-corrected chi connectivity index (χ3v) is 3.66. The molecule has 3 nitrogen and oxygen atoms in total. The van der Waals surface area contributed by atoms with Gasteiger partial charge in [0.05, 0.1) is 35.2 Å². The SMILES string of the molecule is Cc1cccc(C)c1N=Cc1cccc(C=Nc2ccccc2)n1.[Cl][Fe][Cl]. The average Bonchev–Trinajstić information content (AvgIpc) is 2.68. The van der Waals surface area contributed by atoms with Crippen molar-refractivity contribution in [2.45, 2.75) is 13.8 Å². The standard InChI is InChI=1S/C21H19N3.2ClH.Fe/c1-16-8-6-9-17(2)21(16)23-15-20-13-7-12-19(24-20)14-22-18-10-4-3-5-11-18;;;/h3-15H,1-2H3;2*1H;/q;;;+2/p-2. The number of benzene rings is 2. The van der Waals surface area contributed by atoms with Crippen molar-refractivity contribution < 1.29 is 13.1 Å². The zero-order valence-electron chi connectivity index (χ0n) is 15.0. The van der Waals surface area contributed by atoms with Crippen LogP contribution in [0.1, 0.15) is 22.5 Å². The van der Waals surface area contributed by atoms with Gasteiger partial charge in [-0.25, -0.2) is 4.98 Å². The second kappa shape index (κ2) is 11.7. The number of rotatable bonds is 4. The second-order valence-electron chi connectivity index (χ2n) is 5.63. The quantitative estimate of drug-likeness (QED) is 0.334. The van der Waals surface area contributed by atoms with E-state index in [9.17, 15) is 0 Å². The topological polar surface area (TPSA) is 37.6 Å². The van der Waals surface area contributed by atoms with Crippen molar-refractivity contribution in [3.05, 3.63) is 89.2 Å². The van der Waals surface area contributed by atoms with Crippen LogP contribution in [0.2, 0.25) is 0 Å². The molecule has 140 valence electrons. The van der Waals surface area contributed by atoms with Gasteiger partial charge in [0.15, 0.2) is 0 Å². The summed E-state index contributed by atoms with van der Waals surface area (Å²) in [5.74, 6) is 0. The first-order chi connectivity index (χ1) is 13.1. The zero-order chi connectivity index (χ0) is 19.5. The fourth-order valence-corrected chi connectivity index (χ4v) is 2.41. The molecule has 0 aliphatic carbocycles. The van der Waals surface area contributed by atoms with E-state index in [0.717, 1.165) is 33.9 Å². The Labute approximate surface area is 174 Å². The van der Waals surface area contributed by atoms with E-state index in [1.807, 2.05) is 54.6 Å². The molecular weight excluding hydrogens is 421 g/mol. The number of pyridine rings is 1. The number of aliphatic imine (C=N–C) groups is 2. The number of nitrogens with zero attached hydrogens (tertiary/aromatic N) is 3. The third-order valence-electron chi connectivity index (χ3n) is 3.66. The van der Waals surface area contributed by atoms with Crippen LogP contribution in [0.25, 0.3) is 0 Å². The molecule has 0 atom stereocenters. The van der Waals surface area contributed by atoms with Gasteiger partial charge in [-0.1, -0.05) is 42.5 Å². The fourth-order valence-electron chi connectivity index (χ4n) is 2.41. The molecule has 0 saturated carbocycles. The number of hydrogen-bond donors (Lipinski definition) is 0. The van der Waals surface area contributed by atoms with Gasteiger partial charge in [-0.15, -0.1) is 0 Å². The van der Waals surface area contributed by atoms with Crippen LogP contribution in [-0.2, 0) is 13.1 Å². The van der Waals surface area contributed by atoms with Crippen LogP contribution in [0.4, 0.5) is 11.4 Å². The van der Waals surface area contributed by atoms with Crippen molar-refractivity contribution in [1.29, 1.82) is 0 Å². The Morgan fingerprint density at radius 1 is 0.741 bits per heavy atom. The molecule has 0 spiro atoms. The zero-order valence-corrected chi connectivity index (χ0v) is 17.6. The summed E-state index contributed by atoms with van der Waals surface area (Å²) < 4.78 is 0. The van der Waals surface area contributed by atoms with Gasteiger partial charge in [-0.05, 0) is 49.2 Å². The van der Waals surface area contributed by atoms with E-state index in [-0.39, 0.29) is 13.1 Å². The summed E-state index contributed by atoms with van der Waals surface area (Å²) >= 11 is 0.194. The van der Waals surface area contributed by atoms with Crippen molar-refractivity contribution in [3.63, 3.8) is 0 Å². The summed E-state index contributed by atoms with van der Waals surface area (Å²) in [5, 5.41) is 0. The van der Waals surface area contributed by atoms with Crippen LogP contribution in [0, 0.1) is 13.8 Å². The van der Waals surface area contributed by atoms with Crippen LogP contribution in [0.5, 0.6) is 0 Å². The van der Waals surface area contributed by atoms with Crippen molar-refractivity contribution in [1.82, 2.24) is 4.98 Å². The van der Waals surface area contributed by atoms with Gasteiger partial charge in [0.1, 0.15) is 0 Å². The molecule has 3 aromatic rings. The van der Waals surface area contributed by atoms with Crippen LogP contribution in [-0.4, -0.2) is 17.4 Å². The Balaban J connectivity index is 0.000000817. The summed E-state index contributed by atoms with van der Waals surface area (Å²) in [6, 6.07) is 21.8. The van der Waals surface area contributed by atoms with E-state index < -0.39 is 0 Å². The Morgan fingerprint density at radius 3 is 1.85 bits per heavy atom. The molecule has 27 heavy (non-hydrogen) atoms. The van der Waals surface area contributed by atoms with Crippen LogP contribution < -0.4 is 0 Å². The Kier molecular flexibility index (Phi) is 9.23. The molecule has 1 aromatic heterocycles. The number of aromatic nitrogens is 1. The van der Waals surface area contributed by atoms with Gasteiger partial charge in [0.2, 0.25) is 0 Å². The van der Waals surface area contributed by atoms with Crippen molar-refractivity contribution in [2.24, 2.45) is 9.98 Å². The first-order valence-corrected chi connectivity index (χ1v) is 11.2. The molecule has 0 amide bonds. The molecular formula is C21H19Cl2FeN3. The normalized spacial score (nSPS) is 11.0. The number of hydrogen-bond acceptors (Lipinski definition) is 3. The molecule has 0 N–H and O–H groups in total. The van der Waals surface area contributed by atoms with E-state index >= 15 is 0 Å². The second-order valence-corrected chi connectivity index (χ2v) is 7.45. The van der Waals surface area contributed by atoms with Gasteiger partial charge < -0.3 is 0 Å². The molecule has 0 fully saturated rings. The molecule has 6 heteroatoms. The average molecular weight is 440 g/mol. The summed E-state index contributed by atoms with van der Waals surface area (Å²) in [6.07, 6.45) is 3.57. The molecule has 1 heterocycles. The van der Waals surface area contributed by atoms with Gasteiger partial charge in [-0.2, -0.15) is 0 Å². The van der Waals surface area contributed by atoms with Crippen molar-refractivity contribution in [3.8, 4) is 0 Å². The molecule has 2 aromatic carbocycles. The van der Waals surface area contributed by atoms with Crippen molar-refractivity contribution >= 4 is 44.0 Å². The minimum atomic E-state index is 0.194. The van der Waals surface area contributed by atoms with Crippen LogP contribution in [0.15, 0.2) is 76.7 Å². The monoisotopic (exact) mass is 439 g/mol. The van der Waals surface area contributed by atoms with Gasteiger partial charge in [0, 0.05) is 0 Å². The van der Waals surface area contributed by atoms with Crippen molar-refractivity contribution in [2.75, 3.05) is 0 Å². The molecule has 0 bridgehead atoms. The summed E-state index contributed by atoms with van der Waals surface area (Å²) in [4.78, 5) is 13.6. The summed E-state index contributed by atoms with van der Waals surface area (Å²) in [7, 11) is 9.53. The molecule has 0 radical (unpaired) electrons. The van der Waals surface area contributed by atoms with E-state index in [2.05, 4.69) is 40.9 Å². The van der Waals surface area contributed by atoms with Gasteiger partial charge in [0.25, 0.3) is 0 Å². The molecule has 0 aliphatic heterocycles. The summed E-state index contributed by atoms with van der Waals surface area (Å²) in [6.45, 7) is 4.13. The number of halogens is 2. The molecule has 3 rings (SSSR count). The van der Waals surface area contributed by atoms with E-state index in [0.29, 0.717) is 0 Å². The maximum absolute atomic E-state index is 4.76. The summed E-state index contributed by atoms with van der Waals surface area (Å²) in [5.41, 5.74) is 5.86. The number of aryl methyl sites for hydroxylation is 2. The van der Waals surface area contributed by atoms with Gasteiger partial charge in [-0.3, -0.25) is 9.98 Å². The maximum atomic E-state index is 4.76. The Morgan fingerprint density at radius 2 is 1.26 bits per heavy atom. The Bertz CT molecular complexity index is 892. The van der Waals surface area contributed by atoms with Crippen LogP contribution in [0.3, 0.4) is 0 Å². The third kappa shape index (κ3) is 7.28.